The van der Waals surface area contributed by atoms with Crippen LogP contribution in [0.2, 0.25) is 0 Å². The van der Waals surface area contributed by atoms with Crippen molar-refractivity contribution in [2.24, 2.45) is 0 Å². The monoisotopic (exact) mass is 268 g/mol. The van der Waals surface area contributed by atoms with Gasteiger partial charge in [-0.25, -0.2) is 0 Å². The van der Waals surface area contributed by atoms with Crippen molar-refractivity contribution in [3.8, 4) is 0 Å². The van der Waals surface area contributed by atoms with Crippen molar-refractivity contribution in [2.45, 2.75) is 20.0 Å². The van der Waals surface area contributed by atoms with Crippen molar-refractivity contribution >= 4 is 22.2 Å². The zero-order chi connectivity index (χ0) is 13.1. The highest BCUT2D eigenvalue weighted by Gasteiger charge is 2.01. The van der Waals surface area contributed by atoms with E-state index in [2.05, 4.69) is 53.6 Å². The lowest BCUT2D eigenvalue weighted by Crippen LogP contribution is -2.12. The number of para-hydroxylation sites is 1. The first-order valence-corrected chi connectivity index (χ1v) is 7.23. The van der Waals surface area contributed by atoms with Crippen LogP contribution < -0.4 is 5.32 Å². The van der Waals surface area contributed by atoms with Crippen LogP contribution in [0.4, 0.5) is 0 Å². The van der Waals surface area contributed by atoms with Gasteiger partial charge >= 0.3 is 0 Å². The van der Waals surface area contributed by atoms with Crippen LogP contribution in [-0.2, 0) is 13.1 Å². The molecule has 3 rings (SSSR count). The van der Waals surface area contributed by atoms with Crippen LogP contribution in [0.15, 0.2) is 48.7 Å². The van der Waals surface area contributed by atoms with Gasteiger partial charge < -0.3 is 5.32 Å². The predicted octanol–water partition coefficient (Wildman–Crippen LogP) is 3.89. The largest absolute Gasteiger partial charge is 0.308 e. The van der Waals surface area contributed by atoms with Gasteiger partial charge in [0.15, 0.2) is 0 Å². The first kappa shape index (κ1) is 12.3. The number of nitrogens with one attached hydrogen (secondary N) is 1. The number of aryl methyl sites for hydroxylation is 1. The Morgan fingerprint density at radius 1 is 1.05 bits per heavy atom. The van der Waals surface area contributed by atoms with E-state index in [1.165, 1.54) is 20.7 Å². The zero-order valence-corrected chi connectivity index (χ0v) is 11.7. The maximum atomic E-state index is 4.39. The Balaban J connectivity index is 1.71. The van der Waals surface area contributed by atoms with Crippen molar-refractivity contribution in [1.82, 2.24) is 10.3 Å². The SMILES string of the molecule is Cc1ccc(CNCc2ccnc3ccccc23)s1. The van der Waals surface area contributed by atoms with Gasteiger partial charge in [-0.2, -0.15) is 0 Å². The summed E-state index contributed by atoms with van der Waals surface area (Å²) < 4.78 is 0. The fraction of sp³-hybridized carbons (Fsp3) is 0.188. The number of rotatable bonds is 4. The van der Waals surface area contributed by atoms with Crippen LogP contribution in [0, 0.1) is 6.92 Å². The molecule has 0 aliphatic carbocycles. The van der Waals surface area contributed by atoms with Gasteiger partial charge in [0.1, 0.15) is 0 Å². The van der Waals surface area contributed by atoms with E-state index >= 15 is 0 Å². The van der Waals surface area contributed by atoms with Gasteiger partial charge in [-0.1, -0.05) is 18.2 Å². The van der Waals surface area contributed by atoms with Crippen LogP contribution in [0.1, 0.15) is 15.3 Å². The van der Waals surface area contributed by atoms with E-state index in [-0.39, 0.29) is 0 Å². The van der Waals surface area contributed by atoms with E-state index in [1.54, 1.807) is 0 Å². The quantitative estimate of drug-likeness (QED) is 0.776. The Labute approximate surface area is 117 Å². The van der Waals surface area contributed by atoms with E-state index in [1.807, 2.05) is 23.6 Å². The van der Waals surface area contributed by atoms with E-state index in [0.29, 0.717) is 0 Å². The summed E-state index contributed by atoms with van der Waals surface area (Å²) in [6.07, 6.45) is 1.88. The third-order valence-electron chi connectivity index (χ3n) is 3.15. The molecule has 2 aromatic heterocycles. The van der Waals surface area contributed by atoms with Crippen molar-refractivity contribution in [2.75, 3.05) is 0 Å². The molecule has 0 aliphatic rings. The molecule has 0 radical (unpaired) electrons. The van der Waals surface area contributed by atoms with Crippen molar-refractivity contribution in [3.05, 3.63) is 64.0 Å². The smallest absolute Gasteiger partial charge is 0.0705 e. The second-order valence-electron chi connectivity index (χ2n) is 4.60. The summed E-state index contributed by atoms with van der Waals surface area (Å²) in [5.74, 6) is 0. The molecule has 19 heavy (non-hydrogen) atoms. The molecule has 0 unspecified atom stereocenters. The van der Waals surface area contributed by atoms with Gasteiger partial charge in [-0.3, -0.25) is 4.98 Å². The van der Waals surface area contributed by atoms with Crippen LogP contribution in [0.25, 0.3) is 10.9 Å². The van der Waals surface area contributed by atoms with Crippen molar-refractivity contribution < 1.29 is 0 Å². The number of hydrogen-bond donors (Lipinski definition) is 1. The summed E-state index contributed by atoms with van der Waals surface area (Å²) >= 11 is 1.85. The van der Waals surface area contributed by atoms with E-state index in [0.717, 1.165) is 18.6 Å². The normalized spacial score (nSPS) is 11.0. The number of pyridine rings is 1. The van der Waals surface area contributed by atoms with Gasteiger partial charge in [0.2, 0.25) is 0 Å². The Bertz CT molecular complexity index is 683. The summed E-state index contributed by atoms with van der Waals surface area (Å²) in [7, 11) is 0. The highest BCUT2D eigenvalue weighted by atomic mass is 32.1. The van der Waals surface area contributed by atoms with Crippen molar-refractivity contribution in [1.29, 1.82) is 0 Å². The Morgan fingerprint density at radius 3 is 2.79 bits per heavy atom. The Morgan fingerprint density at radius 2 is 1.95 bits per heavy atom. The second-order valence-corrected chi connectivity index (χ2v) is 5.98. The first-order valence-electron chi connectivity index (χ1n) is 6.41. The number of nitrogens with zero attached hydrogens (tertiary/aromatic N) is 1. The Kier molecular flexibility index (Phi) is 3.58. The van der Waals surface area contributed by atoms with Gasteiger partial charge in [-0.15, -0.1) is 11.3 Å². The molecule has 0 atom stereocenters. The van der Waals surface area contributed by atoms with E-state index in [9.17, 15) is 0 Å². The standard InChI is InChI=1S/C16H16N2S/c1-12-6-7-14(19-12)11-17-10-13-8-9-18-16-5-3-2-4-15(13)16/h2-9,17H,10-11H2,1H3. The molecule has 0 spiro atoms. The molecule has 2 nitrogen and oxygen atoms in total. The molecule has 1 N–H and O–H groups in total. The average Bonchev–Trinajstić information content (AvgIpc) is 2.85. The molecule has 0 aliphatic heterocycles. The average molecular weight is 268 g/mol. The second kappa shape index (κ2) is 5.51. The van der Waals surface area contributed by atoms with Crippen molar-refractivity contribution in [3.63, 3.8) is 0 Å². The number of hydrogen-bond acceptors (Lipinski definition) is 3. The maximum absolute atomic E-state index is 4.39. The molecule has 0 amide bonds. The van der Waals surface area contributed by atoms with Crippen LogP contribution in [0.5, 0.6) is 0 Å². The lowest BCUT2D eigenvalue weighted by Gasteiger charge is -2.07. The highest BCUT2D eigenvalue weighted by Crippen LogP contribution is 2.17. The fourth-order valence-corrected chi connectivity index (χ4v) is 3.07. The fourth-order valence-electron chi connectivity index (χ4n) is 2.21. The number of fused-ring (bicyclic) bond motifs is 1. The number of aromatic nitrogens is 1. The van der Waals surface area contributed by atoms with Gasteiger partial charge in [-0.05, 0) is 36.8 Å². The van der Waals surface area contributed by atoms with Gasteiger partial charge in [0.05, 0.1) is 5.52 Å². The number of thiophene rings is 1. The van der Waals surface area contributed by atoms with E-state index in [4.69, 9.17) is 0 Å². The molecule has 0 saturated heterocycles. The molecule has 1 aromatic carbocycles. The predicted molar refractivity (Wildman–Crippen MR) is 81.3 cm³/mol. The molecule has 2 heterocycles. The summed E-state index contributed by atoms with van der Waals surface area (Å²) in [5.41, 5.74) is 2.37. The highest BCUT2D eigenvalue weighted by molar-refractivity contribution is 7.11. The minimum Gasteiger partial charge on any atom is -0.308 e. The molecule has 0 fully saturated rings. The molecule has 0 bridgehead atoms. The molecule has 96 valence electrons. The third-order valence-corrected chi connectivity index (χ3v) is 4.15. The minimum atomic E-state index is 0.875. The first-order chi connectivity index (χ1) is 9.33. The molecule has 3 aromatic rings. The topological polar surface area (TPSA) is 24.9 Å². The molecular formula is C16H16N2S. The summed E-state index contributed by atoms with van der Waals surface area (Å²) in [6, 6.07) is 14.7. The third kappa shape index (κ3) is 2.83. The molecule has 3 heteroatoms. The zero-order valence-electron chi connectivity index (χ0n) is 10.9. The Hall–Kier alpha value is -1.71. The lowest BCUT2D eigenvalue weighted by atomic mass is 10.1. The van der Waals surface area contributed by atoms with Gasteiger partial charge in [0.25, 0.3) is 0 Å². The number of benzene rings is 1. The van der Waals surface area contributed by atoms with Crippen LogP contribution in [0.3, 0.4) is 0 Å². The maximum Gasteiger partial charge on any atom is 0.0705 e. The van der Waals surface area contributed by atoms with E-state index < -0.39 is 0 Å². The van der Waals surface area contributed by atoms with Gasteiger partial charge in [0, 0.05) is 34.4 Å². The summed E-state index contributed by atoms with van der Waals surface area (Å²) in [5, 5.41) is 4.74. The molecule has 0 saturated carbocycles. The van der Waals surface area contributed by atoms with Crippen LogP contribution in [-0.4, -0.2) is 4.98 Å². The minimum absolute atomic E-state index is 0.875. The summed E-state index contributed by atoms with van der Waals surface area (Å²) in [4.78, 5) is 7.14. The van der Waals surface area contributed by atoms with Crippen LogP contribution >= 0.6 is 11.3 Å². The summed E-state index contributed by atoms with van der Waals surface area (Å²) in [6.45, 7) is 3.94. The molecular weight excluding hydrogens is 252 g/mol. The lowest BCUT2D eigenvalue weighted by molar-refractivity contribution is 0.704.